The van der Waals surface area contributed by atoms with Crippen LogP contribution in [-0.4, -0.2) is 110 Å². The summed E-state index contributed by atoms with van der Waals surface area (Å²) in [5, 5.41) is 20.1. The average Bonchev–Trinajstić information content (AvgIpc) is 3.94. The summed E-state index contributed by atoms with van der Waals surface area (Å²) in [5.41, 5.74) is 2.52. The predicted octanol–water partition coefficient (Wildman–Crippen LogP) is 5.58. The molecular formula is C43H49N11O9S. The molecule has 0 spiro atoms. The van der Waals surface area contributed by atoms with Gasteiger partial charge in [-0.05, 0) is 74.8 Å². The van der Waals surface area contributed by atoms with Crippen LogP contribution in [0, 0.1) is 24.0 Å². The number of benzene rings is 1. The molecule has 1 saturated heterocycles. The van der Waals surface area contributed by atoms with Gasteiger partial charge in [-0.25, -0.2) is 15.0 Å². The summed E-state index contributed by atoms with van der Waals surface area (Å²) in [6.07, 6.45) is 7.40. The van der Waals surface area contributed by atoms with Crippen molar-refractivity contribution in [1.29, 1.82) is 0 Å². The maximum Gasteiger partial charge on any atom is 0.348 e. The smallest absolute Gasteiger partial charge is 0.348 e. The number of hydrogen-bond acceptors (Lipinski definition) is 16. The van der Waals surface area contributed by atoms with Gasteiger partial charge in [0.1, 0.15) is 17.2 Å². The monoisotopic (exact) mass is 895 g/mol. The van der Waals surface area contributed by atoms with Crippen LogP contribution in [0.5, 0.6) is 0 Å². The number of para-hydroxylation sites is 1. The number of nitrogens with zero attached hydrogens (tertiary/aromatic N) is 8. The predicted molar refractivity (Wildman–Crippen MR) is 240 cm³/mol. The molecule has 1 aliphatic heterocycles. The number of aryl methyl sites for hydroxylation is 2. The molecular weight excluding hydrogens is 847 g/mol. The Morgan fingerprint density at radius 2 is 1.61 bits per heavy atom. The van der Waals surface area contributed by atoms with Gasteiger partial charge in [-0.2, -0.15) is 4.98 Å². The van der Waals surface area contributed by atoms with E-state index in [-0.39, 0.29) is 101 Å². The standard InChI is InChI=1S/C43H49N11O9S/c1-26-32-25-45-42(49-38(32)53(29-8-4-5-9-29)40(59)37(26)28(3)55)48-34-13-12-30(24-44-34)51-16-18-52(19-17-51)36(57)15-21-63-23-22-62-20-14-35(56)47-33-11-7-6-10-31(33)39(58)50-43-46-27(2)41(64-43)54(60)61/h6-7,10-13,24-25,29H,4-5,8-9,14-23H2,1-3H3,(H,47,56)(H,46,50,58)(H,44,45,48,49). The van der Waals surface area contributed by atoms with Crippen LogP contribution in [0.2, 0.25) is 0 Å². The number of hydrogen-bond donors (Lipinski definition) is 3. The summed E-state index contributed by atoms with van der Waals surface area (Å²) < 4.78 is 12.8. The number of nitrogens with one attached hydrogen (secondary N) is 3. The van der Waals surface area contributed by atoms with E-state index in [2.05, 4.69) is 35.8 Å². The number of piperazine rings is 1. The zero-order chi connectivity index (χ0) is 45.3. The highest BCUT2D eigenvalue weighted by Gasteiger charge is 2.27. The van der Waals surface area contributed by atoms with E-state index in [9.17, 15) is 34.1 Å². The molecule has 0 radical (unpaired) electrons. The quantitative estimate of drug-likeness (QED) is 0.0420. The van der Waals surface area contributed by atoms with Crippen molar-refractivity contribution in [2.24, 2.45) is 0 Å². The van der Waals surface area contributed by atoms with E-state index in [0.29, 0.717) is 54.5 Å². The summed E-state index contributed by atoms with van der Waals surface area (Å²) in [4.78, 5) is 96.8. The number of ether oxygens (including phenoxy) is 2. The van der Waals surface area contributed by atoms with Gasteiger partial charge >= 0.3 is 5.00 Å². The molecule has 0 bridgehead atoms. The molecule has 1 aliphatic carbocycles. The van der Waals surface area contributed by atoms with Crippen molar-refractivity contribution in [1.82, 2.24) is 29.4 Å². The number of Topliss-reactive ketones (excluding diaryl/α,β-unsaturated/α-hetero) is 1. The highest BCUT2D eigenvalue weighted by atomic mass is 32.1. The van der Waals surface area contributed by atoms with Gasteiger partial charge in [0.25, 0.3) is 11.5 Å². The molecule has 4 aromatic heterocycles. The molecule has 1 saturated carbocycles. The van der Waals surface area contributed by atoms with Crippen LogP contribution < -0.4 is 26.4 Å². The van der Waals surface area contributed by atoms with Crippen molar-refractivity contribution >= 4 is 79.1 Å². The van der Waals surface area contributed by atoms with Gasteiger partial charge in [0.2, 0.25) is 17.8 Å². The number of carbonyl (C=O) groups is 4. The van der Waals surface area contributed by atoms with Crippen LogP contribution >= 0.6 is 11.3 Å². The largest absolute Gasteiger partial charge is 0.379 e. The molecule has 3 N–H and O–H groups in total. The fourth-order valence-electron chi connectivity index (χ4n) is 7.87. The SMILES string of the molecule is CC(=O)c1c(C)c2cnc(Nc3ccc(N4CCN(C(=O)CCOCCOCCC(=O)Nc5ccccc5C(=O)Nc5nc(C)c([N+](=O)[O-])s5)CC4)cn3)nc2n(C2CCCC2)c1=O. The number of carbonyl (C=O) groups excluding carboxylic acids is 4. The van der Waals surface area contributed by atoms with Crippen molar-refractivity contribution in [3.8, 4) is 0 Å². The van der Waals surface area contributed by atoms with Crippen LogP contribution in [0.4, 0.5) is 33.3 Å². The third-order valence-electron chi connectivity index (χ3n) is 11.1. The van der Waals surface area contributed by atoms with Crippen LogP contribution in [0.15, 0.2) is 53.6 Å². The molecule has 336 valence electrons. The van der Waals surface area contributed by atoms with E-state index in [4.69, 9.17) is 14.5 Å². The molecule has 64 heavy (non-hydrogen) atoms. The molecule has 1 aromatic carbocycles. The topological polar surface area (TPSA) is 246 Å². The van der Waals surface area contributed by atoms with E-state index in [1.165, 1.54) is 19.9 Å². The van der Waals surface area contributed by atoms with Crippen molar-refractivity contribution in [3.05, 3.63) is 91.6 Å². The Kier molecular flexibility index (Phi) is 14.6. The first-order valence-electron chi connectivity index (χ1n) is 21.0. The minimum Gasteiger partial charge on any atom is -0.379 e. The Hall–Kier alpha value is -6.71. The van der Waals surface area contributed by atoms with Crippen LogP contribution in [0.25, 0.3) is 11.0 Å². The van der Waals surface area contributed by atoms with Gasteiger partial charge in [0, 0.05) is 43.8 Å². The number of thiazole rings is 1. The minimum absolute atomic E-state index is 0.00611. The molecule has 0 unspecified atom stereocenters. The normalized spacial score (nSPS) is 14.2. The molecule has 0 atom stereocenters. The first-order valence-corrected chi connectivity index (χ1v) is 21.9. The third kappa shape index (κ3) is 10.7. The van der Waals surface area contributed by atoms with Crippen LogP contribution in [0.3, 0.4) is 0 Å². The summed E-state index contributed by atoms with van der Waals surface area (Å²) in [7, 11) is 0. The zero-order valence-corrected chi connectivity index (χ0v) is 36.6. The van der Waals surface area contributed by atoms with Gasteiger partial charge in [0.15, 0.2) is 10.9 Å². The number of anilines is 5. The lowest BCUT2D eigenvalue weighted by Gasteiger charge is -2.36. The molecule has 20 nitrogen and oxygen atoms in total. The molecule has 3 amide bonds. The molecule has 2 fully saturated rings. The Morgan fingerprint density at radius 1 is 0.891 bits per heavy atom. The number of ketones is 1. The minimum atomic E-state index is -0.575. The molecule has 5 heterocycles. The molecule has 5 aromatic rings. The van der Waals surface area contributed by atoms with Gasteiger partial charge in [-0.1, -0.05) is 25.0 Å². The first-order chi connectivity index (χ1) is 30.9. The fourth-order valence-corrected chi connectivity index (χ4v) is 8.64. The fraction of sp³-hybridized carbons (Fsp3) is 0.419. The first kappa shape index (κ1) is 45.3. The maximum atomic E-state index is 13.5. The second-order valence-electron chi connectivity index (χ2n) is 15.4. The van der Waals surface area contributed by atoms with E-state index in [0.717, 1.165) is 42.7 Å². The number of rotatable bonds is 18. The third-order valence-corrected chi connectivity index (χ3v) is 12.2. The van der Waals surface area contributed by atoms with E-state index in [1.54, 1.807) is 42.1 Å². The van der Waals surface area contributed by atoms with Crippen molar-refractivity contribution < 1.29 is 33.6 Å². The number of nitro groups is 1. The van der Waals surface area contributed by atoms with Gasteiger partial charge < -0.3 is 29.9 Å². The summed E-state index contributed by atoms with van der Waals surface area (Å²) in [6.45, 7) is 7.83. The lowest BCUT2D eigenvalue weighted by atomic mass is 10.0. The average molecular weight is 896 g/mol. The second kappa shape index (κ2) is 20.6. The highest BCUT2D eigenvalue weighted by Crippen LogP contribution is 2.33. The summed E-state index contributed by atoms with van der Waals surface area (Å²) >= 11 is 0.749. The Balaban J connectivity index is 0.792. The lowest BCUT2D eigenvalue weighted by Crippen LogP contribution is -2.49. The summed E-state index contributed by atoms with van der Waals surface area (Å²) in [5.74, 6) is -0.396. The van der Waals surface area contributed by atoms with Crippen molar-refractivity contribution in [3.63, 3.8) is 0 Å². The van der Waals surface area contributed by atoms with Gasteiger partial charge in [0.05, 0.1) is 72.9 Å². The maximum absolute atomic E-state index is 13.5. The van der Waals surface area contributed by atoms with Crippen molar-refractivity contribution in [2.45, 2.75) is 65.3 Å². The number of pyridine rings is 2. The van der Waals surface area contributed by atoms with Gasteiger partial charge in [-0.15, -0.1) is 0 Å². The Bertz CT molecular complexity index is 2600. The van der Waals surface area contributed by atoms with E-state index >= 15 is 0 Å². The van der Waals surface area contributed by atoms with Gasteiger partial charge in [-0.3, -0.25) is 44.0 Å². The number of amides is 3. The zero-order valence-electron chi connectivity index (χ0n) is 35.8. The Morgan fingerprint density at radius 3 is 2.28 bits per heavy atom. The molecule has 21 heteroatoms. The van der Waals surface area contributed by atoms with E-state index in [1.807, 2.05) is 17.0 Å². The number of fused-ring (bicyclic) bond motifs is 1. The van der Waals surface area contributed by atoms with Crippen LogP contribution in [0.1, 0.15) is 83.5 Å². The molecule has 2 aliphatic rings. The Labute approximate surface area is 371 Å². The number of aromatic nitrogens is 5. The summed E-state index contributed by atoms with van der Waals surface area (Å²) in [6, 6.07) is 10.1. The van der Waals surface area contributed by atoms with E-state index < -0.39 is 10.8 Å². The van der Waals surface area contributed by atoms with Crippen molar-refractivity contribution in [2.75, 3.05) is 73.5 Å². The second-order valence-corrected chi connectivity index (χ2v) is 16.4. The van der Waals surface area contributed by atoms with Crippen LogP contribution in [-0.2, 0) is 19.1 Å². The molecule has 7 rings (SSSR count). The lowest BCUT2D eigenvalue weighted by molar-refractivity contribution is -0.380. The highest BCUT2D eigenvalue weighted by molar-refractivity contribution is 7.19.